The van der Waals surface area contributed by atoms with Gasteiger partial charge in [-0.15, -0.1) is 0 Å². The first-order valence-corrected chi connectivity index (χ1v) is 12.3. The summed E-state index contributed by atoms with van der Waals surface area (Å²) in [5, 5.41) is 0. The molecule has 34 heavy (non-hydrogen) atoms. The van der Waals surface area contributed by atoms with E-state index in [1.165, 1.54) is 22.4 Å². The van der Waals surface area contributed by atoms with Gasteiger partial charge in [0.1, 0.15) is 11.6 Å². The number of ether oxygens (including phenoxy) is 1. The molecule has 0 amide bonds. The third-order valence-electron chi connectivity index (χ3n) is 6.27. The Morgan fingerprint density at radius 2 is 1.44 bits per heavy atom. The standard InChI is InChI=1S/C30H35N3O/c1-4-6-21-33-28(23-32(5-2)22-24-17-19-27(34-3)20-18-24)29(25-13-9-7-10-14-25)31-30(33)26-15-11-8-12-16-26/h7-20H,4-6,21-23H2,1-3H3. The van der Waals surface area contributed by atoms with E-state index in [2.05, 4.69) is 96.1 Å². The van der Waals surface area contributed by atoms with Crippen LogP contribution in [0.4, 0.5) is 0 Å². The molecule has 0 radical (unpaired) electrons. The average Bonchev–Trinajstić information content (AvgIpc) is 3.26. The first kappa shape index (κ1) is 23.8. The van der Waals surface area contributed by atoms with Crippen LogP contribution >= 0.6 is 0 Å². The van der Waals surface area contributed by atoms with Crippen LogP contribution in [0.25, 0.3) is 22.6 Å². The summed E-state index contributed by atoms with van der Waals surface area (Å²) in [7, 11) is 1.71. The first-order chi connectivity index (χ1) is 16.7. The van der Waals surface area contributed by atoms with Crippen LogP contribution in [-0.2, 0) is 19.6 Å². The Labute approximate surface area is 203 Å². The molecule has 4 rings (SSSR count). The van der Waals surface area contributed by atoms with Crippen molar-refractivity contribution in [2.45, 2.75) is 46.3 Å². The summed E-state index contributed by atoms with van der Waals surface area (Å²) in [6, 6.07) is 29.6. The van der Waals surface area contributed by atoms with Gasteiger partial charge < -0.3 is 9.30 Å². The van der Waals surface area contributed by atoms with Gasteiger partial charge in [0.05, 0.1) is 18.5 Å². The van der Waals surface area contributed by atoms with Crippen molar-refractivity contribution in [3.05, 3.63) is 96.2 Å². The van der Waals surface area contributed by atoms with Crippen LogP contribution in [0, 0.1) is 0 Å². The summed E-state index contributed by atoms with van der Waals surface area (Å²) in [6.07, 6.45) is 2.28. The zero-order valence-corrected chi connectivity index (χ0v) is 20.6. The number of nitrogens with zero attached hydrogens (tertiary/aromatic N) is 3. The van der Waals surface area contributed by atoms with E-state index in [1.54, 1.807) is 7.11 Å². The highest BCUT2D eigenvalue weighted by atomic mass is 16.5. The van der Waals surface area contributed by atoms with Crippen LogP contribution in [0.5, 0.6) is 5.75 Å². The largest absolute Gasteiger partial charge is 0.497 e. The molecule has 4 aromatic rings. The van der Waals surface area contributed by atoms with Gasteiger partial charge >= 0.3 is 0 Å². The molecule has 0 aliphatic carbocycles. The Bertz CT molecular complexity index is 1150. The summed E-state index contributed by atoms with van der Waals surface area (Å²) in [5.74, 6) is 1.95. The zero-order valence-electron chi connectivity index (χ0n) is 20.6. The summed E-state index contributed by atoms with van der Waals surface area (Å²) in [6.45, 7) is 8.13. The topological polar surface area (TPSA) is 30.3 Å². The second kappa shape index (κ2) is 11.7. The maximum atomic E-state index is 5.33. The fraction of sp³-hybridized carbons (Fsp3) is 0.300. The molecule has 1 aromatic heterocycles. The van der Waals surface area contributed by atoms with Gasteiger partial charge in [0.25, 0.3) is 0 Å². The van der Waals surface area contributed by atoms with Crippen molar-refractivity contribution in [3.8, 4) is 28.4 Å². The van der Waals surface area contributed by atoms with Crippen molar-refractivity contribution in [1.82, 2.24) is 14.5 Å². The van der Waals surface area contributed by atoms with Crippen molar-refractivity contribution in [1.29, 1.82) is 0 Å². The predicted octanol–water partition coefficient (Wildman–Crippen LogP) is 7.05. The Morgan fingerprint density at radius 3 is 2.03 bits per heavy atom. The molecule has 0 saturated carbocycles. The lowest BCUT2D eigenvalue weighted by Gasteiger charge is -2.23. The molecule has 0 spiro atoms. The van der Waals surface area contributed by atoms with Gasteiger partial charge in [0.15, 0.2) is 0 Å². The Kier molecular flexibility index (Phi) is 8.16. The van der Waals surface area contributed by atoms with Gasteiger partial charge in [-0.1, -0.05) is 93.1 Å². The molecule has 4 nitrogen and oxygen atoms in total. The SMILES string of the molecule is CCCCn1c(-c2ccccc2)nc(-c2ccccc2)c1CN(CC)Cc1ccc(OC)cc1. The van der Waals surface area contributed by atoms with E-state index >= 15 is 0 Å². The van der Waals surface area contributed by atoms with E-state index in [9.17, 15) is 0 Å². The molecule has 0 unspecified atom stereocenters. The van der Waals surface area contributed by atoms with Crippen molar-refractivity contribution in [2.75, 3.05) is 13.7 Å². The smallest absolute Gasteiger partial charge is 0.140 e. The molecule has 3 aromatic carbocycles. The molecular weight excluding hydrogens is 418 g/mol. The van der Waals surface area contributed by atoms with E-state index in [0.717, 1.165) is 56.3 Å². The highest BCUT2D eigenvalue weighted by Crippen LogP contribution is 2.31. The van der Waals surface area contributed by atoms with Crippen molar-refractivity contribution >= 4 is 0 Å². The summed E-state index contributed by atoms with van der Waals surface area (Å²) in [5.41, 5.74) is 6.00. The monoisotopic (exact) mass is 453 g/mol. The molecule has 0 bridgehead atoms. The van der Waals surface area contributed by atoms with Crippen molar-refractivity contribution in [2.24, 2.45) is 0 Å². The molecule has 4 heteroatoms. The summed E-state index contributed by atoms with van der Waals surface area (Å²) >= 11 is 0. The fourth-order valence-corrected chi connectivity index (χ4v) is 4.32. The third kappa shape index (κ3) is 5.57. The number of imidazole rings is 1. The normalized spacial score (nSPS) is 11.2. The van der Waals surface area contributed by atoms with Crippen LogP contribution in [0.2, 0.25) is 0 Å². The van der Waals surface area contributed by atoms with Crippen molar-refractivity contribution in [3.63, 3.8) is 0 Å². The van der Waals surface area contributed by atoms with Crippen LogP contribution in [0.1, 0.15) is 37.9 Å². The number of unbranched alkanes of at least 4 members (excludes halogenated alkanes) is 1. The number of hydrogen-bond donors (Lipinski definition) is 0. The average molecular weight is 454 g/mol. The molecule has 0 N–H and O–H groups in total. The van der Waals surface area contributed by atoms with Gasteiger partial charge in [-0.25, -0.2) is 4.98 Å². The molecule has 0 aliphatic rings. The maximum Gasteiger partial charge on any atom is 0.140 e. The third-order valence-corrected chi connectivity index (χ3v) is 6.27. The van der Waals surface area contributed by atoms with Crippen LogP contribution in [0.3, 0.4) is 0 Å². The van der Waals surface area contributed by atoms with E-state index in [1.807, 2.05) is 12.1 Å². The van der Waals surface area contributed by atoms with Gasteiger partial charge in [-0.3, -0.25) is 4.90 Å². The summed E-state index contributed by atoms with van der Waals surface area (Å²) < 4.78 is 7.79. The number of methoxy groups -OCH3 is 1. The second-order valence-electron chi connectivity index (χ2n) is 8.62. The minimum absolute atomic E-state index is 0.844. The Morgan fingerprint density at radius 1 is 0.794 bits per heavy atom. The van der Waals surface area contributed by atoms with Crippen LogP contribution < -0.4 is 4.74 Å². The predicted molar refractivity (Wildman–Crippen MR) is 141 cm³/mol. The maximum absolute atomic E-state index is 5.33. The van der Waals surface area contributed by atoms with E-state index in [4.69, 9.17) is 9.72 Å². The zero-order chi connectivity index (χ0) is 23.8. The van der Waals surface area contributed by atoms with E-state index < -0.39 is 0 Å². The fourth-order valence-electron chi connectivity index (χ4n) is 4.32. The first-order valence-electron chi connectivity index (χ1n) is 12.3. The molecular formula is C30H35N3O. The molecule has 0 aliphatic heterocycles. The summed E-state index contributed by atoms with van der Waals surface area (Å²) in [4.78, 5) is 7.73. The van der Waals surface area contributed by atoms with Gasteiger partial charge in [0.2, 0.25) is 0 Å². The minimum Gasteiger partial charge on any atom is -0.497 e. The second-order valence-corrected chi connectivity index (χ2v) is 8.62. The van der Waals surface area contributed by atoms with E-state index in [-0.39, 0.29) is 0 Å². The lowest BCUT2D eigenvalue weighted by Crippen LogP contribution is -2.24. The highest BCUT2D eigenvalue weighted by Gasteiger charge is 2.21. The lowest BCUT2D eigenvalue weighted by molar-refractivity contribution is 0.264. The highest BCUT2D eigenvalue weighted by molar-refractivity contribution is 5.68. The molecule has 176 valence electrons. The molecule has 0 atom stereocenters. The van der Waals surface area contributed by atoms with Gasteiger partial charge in [-0.2, -0.15) is 0 Å². The molecule has 0 fully saturated rings. The molecule has 1 heterocycles. The van der Waals surface area contributed by atoms with Gasteiger partial charge in [0, 0.05) is 30.8 Å². The Hall–Kier alpha value is -3.37. The Balaban J connectivity index is 1.75. The number of benzene rings is 3. The van der Waals surface area contributed by atoms with Crippen LogP contribution in [0.15, 0.2) is 84.9 Å². The number of rotatable bonds is 11. The number of hydrogen-bond acceptors (Lipinski definition) is 3. The van der Waals surface area contributed by atoms with E-state index in [0.29, 0.717) is 0 Å². The molecule has 0 saturated heterocycles. The lowest BCUT2D eigenvalue weighted by atomic mass is 10.1. The number of aromatic nitrogens is 2. The minimum atomic E-state index is 0.844. The van der Waals surface area contributed by atoms with Crippen molar-refractivity contribution < 1.29 is 4.74 Å². The van der Waals surface area contributed by atoms with Gasteiger partial charge in [-0.05, 0) is 30.7 Å². The quantitative estimate of drug-likeness (QED) is 0.244. The van der Waals surface area contributed by atoms with Crippen LogP contribution in [-0.4, -0.2) is 28.1 Å².